The van der Waals surface area contributed by atoms with Gasteiger partial charge in [0.2, 0.25) is 5.91 Å². The number of rotatable bonds is 6. The van der Waals surface area contributed by atoms with Gasteiger partial charge in [0.1, 0.15) is 0 Å². The van der Waals surface area contributed by atoms with Crippen molar-refractivity contribution in [3.63, 3.8) is 0 Å². The van der Waals surface area contributed by atoms with E-state index in [1.165, 1.54) is 12.8 Å². The highest BCUT2D eigenvalue weighted by Crippen LogP contribution is 2.31. The van der Waals surface area contributed by atoms with E-state index in [0.717, 1.165) is 0 Å². The topological polar surface area (TPSA) is 72.9 Å². The minimum Gasteiger partial charge on any atom is -0.354 e. The van der Waals surface area contributed by atoms with Crippen LogP contribution in [0.5, 0.6) is 0 Å². The van der Waals surface area contributed by atoms with Gasteiger partial charge in [-0.2, -0.15) is 5.10 Å². The molecule has 16 heavy (non-hydrogen) atoms. The molecule has 1 amide bonds. The van der Waals surface area contributed by atoms with Crippen molar-refractivity contribution in [2.45, 2.75) is 31.8 Å². The predicted octanol–water partition coefficient (Wildman–Crippen LogP) is 0.127. The highest BCUT2D eigenvalue weighted by molar-refractivity contribution is 5.75. The number of nitrogens with zero attached hydrogens (tertiary/aromatic N) is 2. The Hall–Kier alpha value is -1.36. The Balaban J connectivity index is 1.60. The summed E-state index contributed by atoms with van der Waals surface area (Å²) in [5, 5.41) is 6.89. The molecule has 5 nitrogen and oxygen atoms in total. The van der Waals surface area contributed by atoms with Gasteiger partial charge in [-0.1, -0.05) is 0 Å². The van der Waals surface area contributed by atoms with Crippen LogP contribution in [0.3, 0.4) is 0 Å². The minimum absolute atomic E-state index is 0.0478. The van der Waals surface area contributed by atoms with Gasteiger partial charge in [-0.3, -0.25) is 9.48 Å². The van der Waals surface area contributed by atoms with Crippen molar-refractivity contribution >= 4 is 5.91 Å². The Bertz CT molecular complexity index is 332. The van der Waals surface area contributed by atoms with Crippen molar-refractivity contribution in [3.05, 3.63) is 18.5 Å². The summed E-state index contributed by atoms with van der Waals surface area (Å²) in [4.78, 5) is 11.5. The summed E-state index contributed by atoms with van der Waals surface area (Å²) in [5.41, 5.74) is 5.89. The molecule has 1 heterocycles. The zero-order valence-electron chi connectivity index (χ0n) is 9.30. The van der Waals surface area contributed by atoms with E-state index in [9.17, 15) is 4.79 Å². The van der Waals surface area contributed by atoms with E-state index in [0.29, 0.717) is 25.4 Å². The second kappa shape index (κ2) is 5.12. The number of amides is 1. The van der Waals surface area contributed by atoms with Crippen LogP contribution in [0, 0.1) is 5.92 Å². The lowest BCUT2D eigenvalue weighted by molar-refractivity contribution is -0.121. The van der Waals surface area contributed by atoms with Crippen molar-refractivity contribution < 1.29 is 4.79 Å². The third-order valence-corrected chi connectivity index (χ3v) is 2.89. The van der Waals surface area contributed by atoms with Crippen LogP contribution in [-0.2, 0) is 11.3 Å². The molecule has 1 aliphatic rings. The lowest BCUT2D eigenvalue weighted by Gasteiger charge is -2.11. The quantitative estimate of drug-likeness (QED) is 0.718. The molecule has 1 aromatic rings. The van der Waals surface area contributed by atoms with Gasteiger partial charge in [0.15, 0.2) is 0 Å². The number of carbonyl (C=O) groups is 1. The van der Waals surface area contributed by atoms with Crippen molar-refractivity contribution in [1.82, 2.24) is 15.1 Å². The third kappa shape index (κ3) is 3.34. The van der Waals surface area contributed by atoms with Crippen LogP contribution in [0.1, 0.15) is 19.3 Å². The van der Waals surface area contributed by atoms with Crippen LogP contribution in [0.25, 0.3) is 0 Å². The number of aromatic nitrogens is 2. The SMILES string of the molecule is NC(CNC(=O)CCn1cccn1)C1CC1. The molecule has 1 saturated carbocycles. The van der Waals surface area contributed by atoms with E-state index in [2.05, 4.69) is 10.4 Å². The monoisotopic (exact) mass is 222 g/mol. The second-order valence-corrected chi connectivity index (χ2v) is 4.32. The summed E-state index contributed by atoms with van der Waals surface area (Å²) in [7, 11) is 0. The molecule has 88 valence electrons. The normalized spacial score (nSPS) is 17.1. The first kappa shape index (κ1) is 11.1. The van der Waals surface area contributed by atoms with Crippen molar-refractivity contribution in [2.75, 3.05) is 6.54 Å². The molecule has 2 rings (SSSR count). The smallest absolute Gasteiger partial charge is 0.221 e. The summed E-state index contributed by atoms with van der Waals surface area (Å²) in [6.45, 7) is 1.22. The molecule has 5 heteroatoms. The number of hydrogen-bond acceptors (Lipinski definition) is 3. The number of nitrogens with one attached hydrogen (secondary N) is 1. The molecule has 0 bridgehead atoms. The number of hydrogen-bond donors (Lipinski definition) is 2. The molecule has 0 aliphatic heterocycles. The lowest BCUT2D eigenvalue weighted by atomic mass is 10.2. The average Bonchev–Trinajstić information content (AvgIpc) is 3.01. The maximum atomic E-state index is 11.5. The van der Waals surface area contributed by atoms with Crippen LogP contribution in [0.2, 0.25) is 0 Å². The fourth-order valence-electron chi connectivity index (χ4n) is 1.66. The summed E-state index contributed by atoms with van der Waals surface area (Å²) < 4.78 is 1.75. The number of nitrogens with two attached hydrogens (primary N) is 1. The lowest BCUT2D eigenvalue weighted by Crippen LogP contribution is -2.38. The first-order chi connectivity index (χ1) is 7.75. The Kier molecular flexibility index (Phi) is 3.56. The molecule has 0 spiro atoms. The Morgan fingerprint density at radius 2 is 2.44 bits per heavy atom. The van der Waals surface area contributed by atoms with Gasteiger partial charge >= 0.3 is 0 Å². The Morgan fingerprint density at radius 1 is 1.62 bits per heavy atom. The molecule has 1 aromatic heterocycles. The van der Waals surface area contributed by atoms with Crippen molar-refractivity contribution in [3.8, 4) is 0 Å². The number of carbonyl (C=O) groups excluding carboxylic acids is 1. The van der Waals surface area contributed by atoms with Crippen LogP contribution in [-0.4, -0.2) is 28.3 Å². The zero-order chi connectivity index (χ0) is 11.4. The maximum Gasteiger partial charge on any atom is 0.221 e. The van der Waals surface area contributed by atoms with Crippen LogP contribution < -0.4 is 11.1 Å². The van der Waals surface area contributed by atoms with Crippen LogP contribution in [0.4, 0.5) is 0 Å². The maximum absolute atomic E-state index is 11.5. The van der Waals surface area contributed by atoms with Gasteiger partial charge in [0.05, 0.1) is 0 Å². The second-order valence-electron chi connectivity index (χ2n) is 4.32. The average molecular weight is 222 g/mol. The van der Waals surface area contributed by atoms with Gasteiger partial charge in [-0.05, 0) is 24.8 Å². The van der Waals surface area contributed by atoms with E-state index in [1.54, 1.807) is 10.9 Å². The van der Waals surface area contributed by atoms with Gasteiger partial charge < -0.3 is 11.1 Å². The van der Waals surface area contributed by atoms with Gasteiger partial charge in [-0.15, -0.1) is 0 Å². The van der Waals surface area contributed by atoms with Gasteiger partial charge in [0, 0.05) is 37.9 Å². The molecule has 1 unspecified atom stereocenters. The summed E-state index contributed by atoms with van der Waals surface area (Å²) in [6, 6.07) is 1.98. The minimum atomic E-state index is 0.0478. The van der Waals surface area contributed by atoms with E-state index in [1.807, 2.05) is 12.3 Å². The Labute approximate surface area is 95.0 Å². The molecule has 0 aromatic carbocycles. The molecule has 1 atom stereocenters. The largest absolute Gasteiger partial charge is 0.354 e. The summed E-state index contributed by atoms with van der Waals surface area (Å²) in [5.74, 6) is 0.679. The third-order valence-electron chi connectivity index (χ3n) is 2.89. The summed E-state index contributed by atoms with van der Waals surface area (Å²) in [6.07, 6.45) is 6.44. The molecule has 0 radical (unpaired) electrons. The zero-order valence-corrected chi connectivity index (χ0v) is 9.30. The van der Waals surface area contributed by atoms with E-state index >= 15 is 0 Å². The van der Waals surface area contributed by atoms with Crippen molar-refractivity contribution in [2.24, 2.45) is 11.7 Å². The van der Waals surface area contributed by atoms with E-state index < -0.39 is 0 Å². The van der Waals surface area contributed by atoms with E-state index in [4.69, 9.17) is 5.73 Å². The van der Waals surface area contributed by atoms with Crippen LogP contribution >= 0.6 is 0 Å². The fraction of sp³-hybridized carbons (Fsp3) is 0.636. The van der Waals surface area contributed by atoms with E-state index in [-0.39, 0.29) is 11.9 Å². The molecular weight excluding hydrogens is 204 g/mol. The molecule has 3 N–H and O–H groups in total. The molecule has 0 saturated heterocycles. The highest BCUT2D eigenvalue weighted by atomic mass is 16.1. The number of aryl methyl sites for hydroxylation is 1. The van der Waals surface area contributed by atoms with Gasteiger partial charge in [0.25, 0.3) is 0 Å². The highest BCUT2D eigenvalue weighted by Gasteiger charge is 2.28. The van der Waals surface area contributed by atoms with Crippen LogP contribution in [0.15, 0.2) is 18.5 Å². The fourth-order valence-corrected chi connectivity index (χ4v) is 1.66. The van der Waals surface area contributed by atoms with Gasteiger partial charge in [-0.25, -0.2) is 0 Å². The van der Waals surface area contributed by atoms with Crippen molar-refractivity contribution in [1.29, 1.82) is 0 Å². The first-order valence-corrected chi connectivity index (χ1v) is 5.75. The molecule has 1 aliphatic carbocycles. The summed E-state index contributed by atoms with van der Waals surface area (Å²) >= 11 is 0. The molecule has 1 fully saturated rings. The first-order valence-electron chi connectivity index (χ1n) is 5.75. The standard InChI is InChI=1S/C11H18N4O/c12-10(9-2-3-9)8-13-11(16)4-7-15-6-1-5-14-15/h1,5-6,9-10H,2-4,7-8,12H2,(H,13,16). The predicted molar refractivity (Wildman–Crippen MR) is 60.6 cm³/mol. The molecular formula is C11H18N4O. The Morgan fingerprint density at radius 3 is 3.06 bits per heavy atom.